The molecule has 2 nitrogen and oxygen atoms in total. The highest BCUT2D eigenvalue weighted by atomic mass is 16.5. The van der Waals surface area contributed by atoms with E-state index in [4.69, 9.17) is 10.5 Å². The molecule has 0 aliphatic carbocycles. The first-order valence-corrected chi connectivity index (χ1v) is 7.08. The van der Waals surface area contributed by atoms with E-state index >= 15 is 0 Å². The van der Waals surface area contributed by atoms with Crippen molar-refractivity contribution in [3.05, 3.63) is 48.0 Å². The third kappa shape index (κ3) is 2.65. The lowest BCUT2D eigenvalue weighted by atomic mass is 9.90. The van der Waals surface area contributed by atoms with Crippen LogP contribution in [0.1, 0.15) is 18.9 Å². The monoisotopic (exact) mass is 255 g/mol. The van der Waals surface area contributed by atoms with Crippen LogP contribution in [0.5, 0.6) is 0 Å². The third-order valence-electron chi connectivity index (χ3n) is 4.17. The van der Waals surface area contributed by atoms with Crippen molar-refractivity contribution in [2.45, 2.75) is 31.9 Å². The number of nitrogens with two attached hydrogens (primary N) is 1. The number of hydrogen-bond acceptors (Lipinski definition) is 2. The van der Waals surface area contributed by atoms with Crippen molar-refractivity contribution < 1.29 is 4.74 Å². The standard InChI is InChI=1S/C17H21NO/c1-12-9-15(11-19-12)17(18)10-14-7-4-6-13-5-2-3-8-16(13)14/h2-8,12,15,17H,9-11,18H2,1H3. The number of benzene rings is 2. The van der Waals surface area contributed by atoms with Crippen molar-refractivity contribution in [1.29, 1.82) is 0 Å². The molecule has 3 atom stereocenters. The van der Waals surface area contributed by atoms with Gasteiger partial charge in [-0.15, -0.1) is 0 Å². The zero-order valence-corrected chi connectivity index (χ0v) is 11.4. The number of fused-ring (bicyclic) bond motifs is 1. The van der Waals surface area contributed by atoms with Crippen molar-refractivity contribution in [1.82, 2.24) is 0 Å². The number of hydrogen-bond donors (Lipinski definition) is 1. The minimum Gasteiger partial charge on any atom is -0.378 e. The van der Waals surface area contributed by atoms with Gasteiger partial charge < -0.3 is 10.5 Å². The van der Waals surface area contributed by atoms with E-state index in [-0.39, 0.29) is 6.04 Å². The molecule has 0 spiro atoms. The van der Waals surface area contributed by atoms with E-state index in [9.17, 15) is 0 Å². The second-order valence-corrected chi connectivity index (χ2v) is 5.65. The molecule has 1 fully saturated rings. The SMILES string of the molecule is CC1CC(C(N)Cc2cccc3ccccc23)CO1. The Morgan fingerprint density at radius 1 is 1.21 bits per heavy atom. The molecule has 1 saturated heterocycles. The van der Waals surface area contributed by atoms with Crippen LogP contribution >= 0.6 is 0 Å². The molecule has 0 saturated carbocycles. The van der Waals surface area contributed by atoms with Gasteiger partial charge in [0.25, 0.3) is 0 Å². The Kier molecular flexibility index (Phi) is 3.54. The topological polar surface area (TPSA) is 35.2 Å². The largest absolute Gasteiger partial charge is 0.378 e. The molecule has 1 aliphatic rings. The maximum absolute atomic E-state index is 6.38. The van der Waals surface area contributed by atoms with Crippen LogP contribution in [0.15, 0.2) is 42.5 Å². The van der Waals surface area contributed by atoms with E-state index in [1.54, 1.807) is 0 Å². The van der Waals surface area contributed by atoms with Gasteiger partial charge in [-0.1, -0.05) is 42.5 Å². The summed E-state index contributed by atoms with van der Waals surface area (Å²) in [4.78, 5) is 0. The van der Waals surface area contributed by atoms with Gasteiger partial charge in [0, 0.05) is 12.0 Å². The van der Waals surface area contributed by atoms with Crippen molar-refractivity contribution in [2.75, 3.05) is 6.61 Å². The van der Waals surface area contributed by atoms with E-state index < -0.39 is 0 Å². The lowest BCUT2D eigenvalue weighted by molar-refractivity contribution is 0.118. The lowest BCUT2D eigenvalue weighted by Gasteiger charge is -2.18. The molecular formula is C17H21NO. The van der Waals surface area contributed by atoms with Crippen LogP contribution in [-0.2, 0) is 11.2 Å². The first-order valence-electron chi connectivity index (χ1n) is 7.08. The van der Waals surface area contributed by atoms with Crippen LogP contribution in [0.2, 0.25) is 0 Å². The second kappa shape index (κ2) is 5.32. The molecule has 3 unspecified atom stereocenters. The summed E-state index contributed by atoms with van der Waals surface area (Å²) in [6.45, 7) is 2.94. The molecular weight excluding hydrogens is 234 g/mol. The Morgan fingerprint density at radius 2 is 2.00 bits per heavy atom. The van der Waals surface area contributed by atoms with Crippen LogP contribution in [0, 0.1) is 5.92 Å². The van der Waals surface area contributed by atoms with E-state index in [0.29, 0.717) is 12.0 Å². The first kappa shape index (κ1) is 12.6. The average molecular weight is 255 g/mol. The van der Waals surface area contributed by atoms with Gasteiger partial charge in [0.05, 0.1) is 12.7 Å². The van der Waals surface area contributed by atoms with Crippen LogP contribution in [-0.4, -0.2) is 18.8 Å². The summed E-state index contributed by atoms with van der Waals surface area (Å²) < 4.78 is 5.63. The van der Waals surface area contributed by atoms with Gasteiger partial charge in [-0.3, -0.25) is 0 Å². The quantitative estimate of drug-likeness (QED) is 0.914. The summed E-state index contributed by atoms with van der Waals surface area (Å²) in [7, 11) is 0. The fraction of sp³-hybridized carbons (Fsp3) is 0.412. The summed E-state index contributed by atoms with van der Waals surface area (Å²) in [6.07, 6.45) is 2.39. The molecule has 3 rings (SSSR count). The molecule has 100 valence electrons. The maximum atomic E-state index is 6.38. The molecule has 0 bridgehead atoms. The summed E-state index contributed by atoms with van der Waals surface area (Å²) in [5.74, 6) is 0.494. The fourth-order valence-electron chi connectivity index (χ4n) is 3.04. The number of rotatable bonds is 3. The highest BCUT2D eigenvalue weighted by Gasteiger charge is 2.27. The predicted octanol–water partition coefficient (Wildman–Crippen LogP) is 3.13. The van der Waals surface area contributed by atoms with Gasteiger partial charge in [-0.25, -0.2) is 0 Å². The molecule has 0 aromatic heterocycles. The highest BCUT2D eigenvalue weighted by molar-refractivity contribution is 5.85. The first-order chi connectivity index (χ1) is 9.24. The minimum absolute atomic E-state index is 0.191. The predicted molar refractivity (Wildman–Crippen MR) is 79.1 cm³/mol. The average Bonchev–Trinajstić information content (AvgIpc) is 2.86. The van der Waals surface area contributed by atoms with Crippen LogP contribution in [0.25, 0.3) is 10.8 Å². The Hall–Kier alpha value is -1.38. The van der Waals surface area contributed by atoms with Crippen molar-refractivity contribution in [3.8, 4) is 0 Å². The molecule has 0 amide bonds. The van der Waals surface area contributed by atoms with Gasteiger partial charge in [0.15, 0.2) is 0 Å². The minimum atomic E-state index is 0.191. The Bertz CT molecular complexity index is 561. The second-order valence-electron chi connectivity index (χ2n) is 5.65. The van der Waals surface area contributed by atoms with Gasteiger partial charge in [-0.05, 0) is 36.1 Å². The molecule has 19 heavy (non-hydrogen) atoms. The van der Waals surface area contributed by atoms with Crippen LogP contribution in [0.4, 0.5) is 0 Å². The van der Waals surface area contributed by atoms with E-state index in [1.165, 1.54) is 16.3 Å². The van der Waals surface area contributed by atoms with Crippen LogP contribution in [0.3, 0.4) is 0 Å². The third-order valence-corrected chi connectivity index (χ3v) is 4.17. The smallest absolute Gasteiger partial charge is 0.0551 e. The number of ether oxygens (including phenoxy) is 1. The molecule has 2 N–H and O–H groups in total. The van der Waals surface area contributed by atoms with Gasteiger partial charge in [-0.2, -0.15) is 0 Å². The normalized spacial score (nSPS) is 24.7. The summed E-state index contributed by atoms with van der Waals surface area (Å²) in [6, 6.07) is 15.2. The summed E-state index contributed by atoms with van der Waals surface area (Å²) >= 11 is 0. The van der Waals surface area contributed by atoms with Gasteiger partial charge >= 0.3 is 0 Å². The maximum Gasteiger partial charge on any atom is 0.0551 e. The Labute approximate surface area is 114 Å². The van der Waals surface area contributed by atoms with Crippen molar-refractivity contribution >= 4 is 10.8 Å². The molecule has 2 aromatic rings. The zero-order chi connectivity index (χ0) is 13.2. The zero-order valence-electron chi connectivity index (χ0n) is 11.4. The Morgan fingerprint density at radius 3 is 2.79 bits per heavy atom. The van der Waals surface area contributed by atoms with Crippen molar-refractivity contribution in [3.63, 3.8) is 0 Å². The highest BCUT2D eigenvalue weighted by Crippen LogP contribution is 2.25. The summed E-state index contributed by atoms with van der Waals surface area (Å²) in [5.41, 5.74) is 7.74. The van der Waals surface area contributed by atoms with Crippen molar-refractivity contribution in [2.24, 2.45) is 11.7 Å². The lowest BCUT2D eigenvalue weighted by Crippen LogP contribution is -2.32. The van der Waals surface area contributed by atoms with E-state index in [2.05, 4.69) is 49.4 Å². The van der Waals surface area contributed by atoms with Gasteiger partial charge in [0.2, 0.25) is 0 Å². The summed E-state index contributed by atoms with van der Waals surface area (Å²) in [5, 5.41) is 2.62. The van der Waals surface area contributed by atoms with E-state index in [0.717, 1.165) is 19.4 Å². The molecule has 2 aromatic carbocycles. The van der Waals surface area contributed by atoms with Gasteiger partial charge in [0.1, 0.15) is 0 Å². The van der Waals surface area contributed by atoms with Crippen LogP contribution < -0.4 is 5.73 Å². The molecule has 1 aliphatic heterocycles. The van der Waals surface area contributed by atoms with E-state index in [1.807, 2.05) is 0 Å². The molecule has 1 heterocycles. The fourth-order valence-corrected chi connectivity index (χ4v) is 3.04. The molecule has 2 heteroatoms. The Balaban J connectivity index is 1.81. The molecule has 0 radical (unpaired) electrons.